The lowest BCUT2D eigenvalue weighted by molar-refractivity contribution is -0.0933. The van der Waals surface area contributed by atoms with Crippen LogP contribution in [0.25, 0.3) is 11.2 Å². The summed E-state index contributed by atoms with van der Waals surface area (Å²) in [6.45, 7) is 1.15. The fourth-order valence-corrected chi connectivity index (χ4v) is 2.12. The number of nitrogens with two attached hydrogens (primary N) is 2. The van der Waals surface area contributed by atoms with Crippen LogP contribution in [0.2, 0.25) is 0 Å². The van der Waals surface area contributed by atoms with Crippen molar-refractivity contribution in [3.63, 3.8) is 0 Å². The summed E-state index contributed by atoms with van der Waals surface area (Å²) in [7, 11) is 0. The molecule has 0 bridgehead atoms. The Bertz CT molecular complexity index is 599. The largest absolute Gasteiger partial charge is 0.394 e. The van der Waals surface area contributed by atoms with Crippen LogP contribution in [0.15, 0.2) is 6.33 Å². The molecule has 0 saturated carbocycles. The molecular formula is C10H15N7O2. The van der Waals surface area contributed by atoms with Crippen LogP contribution >= 0.6 is 0 Å². The number of nitrogens with one attached hydrogen (secondary N) is 1. The number of aromatic nitrogens is 4. The maximum absolute atomic E-state index is 9.15. The highest BCUT2D eigenvalue weighted by Gasteiger charge is 2.25. The van der Waals surface area contributed by atoms with Gasteiger partial charge < -0.3 is 26.6 Å². The van der Waals surface area contributed by atoms with E-state index in [4.69, 9.17) is 21.3 Å². The summed E-state index contributed by atoms with van der Waals surface area (Å²) in [5.74, 6) is 0.331. The van der Waals surface area contributed by atoms with Crippen molar-refractivity contribution in [1.29, 1.82) is 0 Å². The van der Waals surface area contributed by atoms with Crippen LogP contribution in [0.1, 0.15) is 6.23 Å². The third-order valence-electron chi connectivity index (χ3n) is 3.02. The van der Waals surface area contributed by atoms with Crippen molar-refractivity contribution < 1.29 is 9.84 Å². The Morgan fingerprint density at radius 1 is 1.42 bits per heavy atom. The van der Waals surface area contributed by atoms with Crippen LogP contribution in [0.4, 0.5) is 11.8 Å². The first-order valence-corrected chi connectivity index (χ1v) is 5.91. The van der Waals surface area contributed by atoms with Crippen molar-refractivity contribution in [3.8, 4) is 0 Å². The average Bonchev–Trinajstić information content (AvgIpc) is 2.82. The van der Waals surface area contributed by atoms with E-state index < -0.39 is 0 Å². The third-order valence-corrected chi connectivity index (χ3v) is 3.02. The number of nitrogens with zero attached hydrogens (tertiary/aromatic N) is 4. The van der Waals surface area contributed by atoms with Crippen LogP contribution in [0.5, 0.6) is 0 Å². The van der Waals surface area contributed by atoms with E-state index in [2.05, 4.69) is 20.3 Å². The predicted octanol–water partition coefficient (Wildman–Crippen LogP) is -1.53. The molecule has 1 saturated heterocycles. The molecular weight excluding hydrogens is 250 g/mol. The first kappa shape index (κ1) is 12.1. The second-order valence-corrected chi connectivity index (χ2v) is 4.34. The van der Waals surface area contributed by atoms with Crippen LogP contribution in [-0.2, 0) is 4.74 Å². The number of morpholine rings is 1. The molecule has 2 atom stereocenters. The monoisotopic (exact) mass is 265 g/mol. The minimum Gasteiger partial charge on any atom is -0.394 e. The number of imidazole rings is 1. The molecule has 3 rings (SSSR count). The molecule has 102 valence electrons. The van der Waals surface area contributed by atoms with Crippen LogP contribution in [0.3, 0.4) is 0 Å². The molecule has 9 nitrogen and oxygen atoms in total. The number of hydrogen-bond acceptors (Lipinski definition) is 8. The molecule has 1 aliphatic rings. The molecule has 19 heavy (non-hydrogen) atoms. The second kappa shape index (κ2) is 4.61. The highest BCUT2D eigenvalue weighted by molar-refractivity contribution is 5.82. The van der Waals surface area contributed by atoms with Gasteiger partial charge in [-0.05, 0) is 0 Å². The molecule has 1 aliphatic heterocycles. The van der Waals surface area contributed by atoms with Gasteiger partial charge in [-0.3, -0.25) is 4.57 Å². The molecule has 1 fully saturated rings. The highest BCUT2D eigenvalue weighted by Crippen LogP contribution is 2.23. The molecule has 0 amide bonds. The summed E-state index contributed by atoms with van der Waals surface area (Å²) in [6, 6.07) is 0. The van der Waals surface area contributed by atoms with Gasteiger partial charge in [0.2, 0.25) is 5.95 Å². The normalized spacial score (nSPS) is 23.8. The van der Waals surface area contributed by atoms with Crippen molar-refractivity contribution in [2.75, 3.05) is 31.2 Å². The number of hydrogen-bond donors (Lipinski definition) is 4. The Balaban J connectivity index is 2.00. The lowest BCUT2D eigenvalue weighted by Gasteiger charge is -2.30. The molecule has 9 heteroatoms. The molecule has 3 heterocycles. The topological polar surface area (TPSA) is 137 Å². The van der Waals surface area contributed by atoms with Crippen molar-refractivity contribution in [3.05, 3.63) is 6.33 Å². The van der Waals surface area contributed by atoms with E-state index >= 15 is 0 Å². The van der Waals surface area contributed by atoms with Crippen LogP contribution < -0.4 is 16.8 Å². The summed E-state index contributed by atoms with van der Waals surface area (Å²) in [4.78, 5) is 12.2. The Morgan fingerprint density at radius 3 is 3.05 bits per heavy atom. The van der Waals surface area contributed by atoms with Gasteiger partial charge in [-0.2, -0.15) is 9.97 Å². The van der Waals surface area contributed by atoms with Gasteiger partial charge in [-0.1, -0.05) is 0 Å². The van der Waals surface area contributed by atoms with Crippen molar-refractivity contribution >= 4 is 22.9 Å². The van der Waals surface area contributed by atoms with Gasteiger partial charge in [0.1, 0.15) is 11.7 Å². The Kier molecular flexibility index (Phi) is 2.93. The van der Waals surface area contributed by atoms with Gasteiger partial charge in [0.15, 0.2) is 11.5 Å². The fraction of sp³-hybridized carbons (Fsp3) is 0.500. The number of aliphatic hydroxyl groups excluding tert-OH is 1. The van der Waals surface area contributed by atoms with Crippen LogP contribution in [-0.4, -0.2) is 50.4 Å². The van der Waals surface area contributed by atoms with Crippen molar-refractivity contribution in [2.24, 2.45) is 0 Å². The standard InChI is InChI=1S/C10H15N7O2/c11-8-7-9(16-10(12)15-8)17(4-14-7)6-2-13-1-5(3-18)19-6/h4-6,13,18H,1-3H2,(H4,11,12,15,16). The van der Waals surface area contributed by atoms with Gasteiger partial charge in [0.05, 0.1) is 19.0 Å². The summed E-state index contributed by atoms with van der Waals surface area (Å²) < 4.78 is 7.47. The Hall–Kier alpha value is -1.97. The van der Waals surface area contributed by atoms with E-state index in [1.165, 1.54) is 0 Å². The molecule has 0 radical (unpaired) electrons. The first-order chi connectivity index (χ1) is 9.19. The third kappa shape index (κ3) is 2.07. The minimum atomic E-state index is -0.315. The Morgan fingerprint density at radius 2 is 2.26 bits per heavy atom. The van der Waals surface area contributed by atoms with Crippen LogP contribution in [0, 0.1) is 0 Å². The quantitative estimate of drug-likeness (QED) is 0.513. The van der Waals surface area contributed by atoms with E-state index in [0.29, 0.717) is 24.3 Å². The van der Waals surface area contributed by atoms with E-state index in [9.17, 15) is 0 Å². The van der Waals surface area contributed by atoms with Crippen molar-refractivity contribution in [1.82, 2.24) is 24.8 Å². The number of fused-ring (bicyclic) bond motifs is 1. The van der Waals surface area contributed by atoms with E-state index in [1.807, 2.05) is 0 Å². The maximum Gasteiger partial charge on any atom is 0.224 e. The van der Waals surface area contributed by atoms with Gasteiger partial charge in [-0.15, -0.1) is 0 Å². The molecule has 0 spiro atoms. The van der Waals surface area contributed by atoms with E-state index in [0.717, 1.165) is 0 Å². The van der Waals surface area contributed by atoms with Gasteiger partial charge in [0.25, 0.3) is 0 Å². The second-order valence-electron chi connectivity index (χ2n) is 4.34. The summed E-state index contributed by atoms with van der Waals surface area (Å²) >= 11 is 0. The van der Waals surface area contributed by atoms with Gasteiger partial charge >= 0.3 is 0 Å². The van der Waals surface area contributed by atoms with Crippen molar-refractivity contribution in [2.45, 2.75) is 12.3 Å². The Labute approximate surface area is 108 Å². The lowest BCUT2D eigenvalue weighted by Crippen LogP contribution is -2.44. The molecule has 0 aliphatic carbocycles. The van der Waals surface area contributed by atoms with E-state index in [1.54, 1.807) is 10.9 Å². The van der Waals surface area contributed by atoms with E-state index in [-0.39, 0.29) is 30.7 Å². The smallest absolute Gasteiger partial charge is 0.224 e. The summed E-state index contributed by atoms with van der Waals surface area (Å²) in [5.41, 5.74) is 12.4. The fourth-order valence-electron chi connectivity index (χ4n) is 2.12. The summed E-state index contributed by atoms with van der Waals surface area (Å²) in [6.07, 6.45) is 1.01. The first-order valence-electron chi connectivity index (χ1n) is 5.91. The highest BCUT2D eigenvalue weighted by atomic mass is 16.5. The SMILES string of the molecule is Nc1nc(N)c2ncn(C3CNCC(CO)O3)c2n1. The molecule has 2 unspecified atom stereocenters. The molecule has 2 aromatic rings. The minimum absolute atomic E-state index is 0.0462. The zero-order valence-electron chi connectivity index (χ0n) is 10.2. The zero-order chi connectivity index (χ0) is 13.4. The number of nitrogen functional groups attached to an aromatic ring is 2. The average molecular weight is 265 g/mol. The molecule has 2 aromatic heterocycles. The predicted molar refractivity (Wildman–Crippen MR) is 68.0 cm³/mol. The maximum atomic E-state index is 9.15. The lowest BCUT2D eigenvalue weighted by atomic mass is 10.3. The number of anilines is 2. The number of aliphatic hydroxyl groups is 1. The van der Waals surface area contributed by atoms with Gasteiger partial charge in [-0.25, -0.2) is 4.98 Å². The molecule has 0 aromatic carbocycles. The molecule has 6 N–H and O–H groups in total. The summed E-state index contributed by atoms with van der Waals surface area (Å²) in [5, 5.41) is 12.3. The number of ether oxygens (including phenoxy) is 1. The zero-order valence-corrected chi connectivity index (χ0v) is 10.2. The number of rotatable bonds is 2. The van der Waals surface area contributed by atoms with Gasteiger partial charge in [0, 0.05) is 13.1 Å².